The van der Waals surface area contributed by atoms with Crippen molar-refractivity contribution < 1.29 is 14.6 Å². The van der Waals surface area contributed by atoms with Crippen LogP contribution in [0.2, 0.25) is 0 Å². The van der Waals surface area contributed by atoms with Crippen LogP contribution in [0.1, 0.15) is 30.0 Å². The Kier molecular flexibility index (Phi) is 7.80. The minimum Gasteiger partial charge on any atom is -0.493 e. The van der Waals surface area contributed by atoms with E-state index in [1.807, 2.05) is 48.7 Å². The number of nitrogens with one attached hydrogen (secondary N) is 1. The Hall–Kier alpha value is -4.47. The van der Waals surface area contributed by atoms with Crippen molar-refractivity contribution in [3.8, 4) is 22.9 Å². The lowest BCUT2D eigenvalue weighted by Crippen LogP contribution is -2.34. The maximum absolute atomic E-state index is 9.51. The van der Waals surface area contributed by atoms with Gasteiger partial charge in [0.05, 0.1) is 38.5 Å². The maximum atomic E-state index is 9.51. The summed E-state index contributed by atoms with van der Waals surface area (Å²) in [6, 6.07) is 24.2. The normalized spacial score (nSPS) is 14.3. The second-order valence-electron chi connectivity index (χ2n) is 10.3. The van der Waals surface area contributed by atoms with Crippen molar-refractivity contribution in [3.63, 3.8) is 0 Å². The Morgan fingerprint density at radius 3 is 2.34 bits per heavy atom. The van der Waals surface area contributed by atoms with E-state index < -0.39 is 0 Å². The number of benzene rings is 3. The molecule has 9 heteroatoms. The molecule has 2 aromatic heterocycles. The van der Waals surface area contributed by atoms with Gasteiger partial charge in [0.2, 0.25) is 0 Å². The van der Waals surface area contributed by atoms with Gasteiger partial charge in [0.15, 0.2) is 23.0 Å². The van der Waals surface area contributed by atoms with Crippen molar-refractivity contribution in [2.24, 2.45) is 0 Å². The third kappa shape index (κ3) is 5.73. The van der Waals surface area contributed by atoms with Crippen LogP contribution in [-0.2, 0) is 13.2 Å². The number of methoxy groups -OCH3 is 2. The third-order valence-electron chi connectivity index (χ3n) is 7.65. The lowest BCUT2D eigenvalue weighted by Gasteiger charge is -2.32. The Bertz CT molecular complexity index is 1610. The lowest BCUT2D eigenvalue weighted by molar-refractivity contribution is 0.175. The smallest absolute Gasteiger partial charge is 0.164 e. The van der Waals surface area contributed by atoms with Gasteiger partial charge < -0.3 is 19.9 Å². The van der Waals surface area contributed by atoms with Crippen molar-refractivity contribution in [3.05, 3.63) is 90.1 Å². The van der Waals surface area contributed by atoms with Crippen molar-refractivity contribution in [2.45, 2.75) is 32.0 Å². The van der Waals surface area contributed by atoms with Crippen molar-refractivity contribution in [1.82, 2.24) is 24.6 Å². The third-order valence-corrected chi connectivity index (χ3v) is 7.65. The molecular weight excluding hydrogens is 516 g/mol. The molecule has 1 saturated heterocycles. The molecule has 0 atom stereocenters. The van der Waals surface area contributed by atoms with Gasteiger partial charge in [-0.2, -0.15) is 5.10 Å². The van der Waals surface area contributed by atoms with E-state index in [0.717, 1.165) is 60.3 Å². The molecule has 0 aliphatic carbocycles. The average Bonchev–Trinajstić information content (AvgIpc) is 3.46. The average molecular weight is 551 g/mol. The van der Waals surface area contributed by atoms with Crippen molar-refractivity contribution in [1.29, 1.82) is 0 Å². The molecule has 0 bridgehead atoms. The monoisotopic (exact) mass is 550 g/mol. The molecule has 2 N–H and O–H groups in total. The number of nitrogens with zero attached hydrogens (tertiary/aromatic N) is 5. The molecule has 1 fully saturated rings. The highest BCUT2D eigenvalue weighted by Gasteiger charge is 2.25. The van der Waals surface area contributed by atoms with Gasteiger partial charge in [-0.3, -0.25) is 4.90 Å². The van der Waals surface area contributed by atoms with Gasteiger partial charge in [-0.1, -0.05) is 54.6 Å². The molecular formula is C32H34N6O3. The van der Waals surface area contributed by atoms with Gasteiger partial charge in [-0.15, -0.1) is 0 Å². The van der Waals surface area contributed by atoms with Gasteiger partial charge in [-0.25, -0.2) is 14.6 Å². The lowest BCUT2D eigenvalue weighted by atomic mass is 10.0. The number of rotatable bonds is 9. The highest BCUT2D eigenvalue weighted by atomic mass is 16.5. The topological polar surface area (TPSA) is 97.6 Å². The molecule has 0 amide bonds. The van der Waals surface area contributed by atoms with Crippen LogP contribution in [0.5, 0.6) is 11.5 Å². The van der Waals surface area contributed by atoms with Crippen LogP contribution in [0, 0.1) is 0 Å². The van der Waals surface area contributed by atoms with Gasteiger partial charge in [0.25, 0.3) is 0 Å². The maximum Gasteiger partial charge on any atom is 0.164 e. The molecule has 1 aliphatic rings. The van der Waals surface area contributed by atoms with E-state index in [1.165, 1.54) is 5.56 Å². The fourth-order valence-corrected chi connectivity index (χ4v) is 5.39. The highest BCUT2D eigenvalue weighted by Crippen LogP contribution is 2.34. The summed E-state index contributed by atoms with van der Waals surface area (Å²) in [6.45, 7) is 2.95. The van der Waals surface area contributed by atoms with Crippen molar-refractivity contribution in [2.75, 3.05) is 32.6 Å². The van der Waals surface area contributed by atoms with Crippen LogP contribution < -0.4 is 14.8 Å². The quantitative estimate of drug-likeness (QED) is 0.245. The molecule has 6 rings (SSSR count). The summed E-state index contributed by atoms with van der Waals surface area (Å²) in [5.74, 6) is 2.53. The number of aliphatic hydroxyl groups excluding tert-OH is 1. The van der Waals surface area contributed by atoms with Crippen LogP contribution in [0.15, 0.2) is 79.0 Å². The van der Waals surface area contributed by atoms with Crippen LogP contribution >= 0.6 is 0 Å². The first kappa shape index (κ1) is 26.7. The molecule has 5 aromatic rings. The zero-order valence-corrected chi connectivity index (χ0v) is 23.3. The molecule has 0 unspecified atom stereocenters. The van der Waals surface area contributed by atoms with Gasteiger partial charge in [0.1, 0.15) is 5.82 Å². The SMILES string of the molecule is COc1ccc(Nc2nc(-c3ccc(CO)cc3)nc3c2cnn3C2CCN(Cc3ccccc3)CC2)cc1OC. The first-order chi connectivity index (χ1) is 20.1. The molecule has 9 nitrogen and oxygen atoms in total. The minimum atomic E-state index is -0.0119. The van der Waals surface area contributed by atoms with Crippen molar-refractivity contribution >= 4 is 22.5 Å². The zero-order valence-electron chi connectivity index (χ0n) is 23.3. The van der Waals surface area contributed by atoms with Crippen LogP contribution in [0.4, 0.5) is 11.5 Å². The number of hydrogen-bond donors (Lipinski definition) is 2. The Morgan fingerprint density at radius 2 is 1.63 bits per heavy atom. The number of fused-ring (bicyclic) bond motifs is 1. The summed E-state index contributed by atoms with van der Waals surface area (Å²) < 4.78 is 13.0. The molecule has 0 saturated carbocycles. The number of ether oxygens (including phenoxy) is 2. The molecule has 3 heterocycles. The van der Waals surface area contributed by atoms with E-state index in [9.17, 15) is 5.11 Å². The van der Waals surface area contributed by atoms with E-state index in [0.29, 0.717) is 23.1 Å². The molecule has 3 aromatic carbocycles. The van der Waals surface area contributed by atoms with Gasteiger partial charge >= 0.3 is 0 Å². The van der Waals surface area contributed by atoms with E-state index in [-0.39, 0.29) is 12.6 Å². The molecule has 0 spiro atoms. The van der Waals surface area contributed by atoms with E-state index >= 15 is 0 Å². The zero-order chi connectivity index (χ0) is 28.2. The summed E-state index contributed by atoms with van der Waals surface area (Å²) >= 11 is 0. The number of likely N-dealkylation sites (tertiary alicyclic amines) is 1. The molecule has 210 valence electrons. The van der Waals surface area contributed by atoms with E-state index in [4.69, 9.17) is 24.5 Å². The summed E-state index contributed by atoms with van der Waals surface area (Å²) in [5.41, 5.74) is 4.65. The Balaban J connectivity index is 1.33. The fraction of sp³-hybridized carbons (Fsp3) is 0.281. The summed E-state index contributed by atoms with van der Waals surface area (Å²) in [4.78, 5) is 12.4. The predicted octanol–water partition coefficient (Wildman–Crippen LogP) is 5.58. The number of aromatic nitrogens is 4. The number of hydrogen-bond acceptors (Lipinski definition) is 8. The van der Waals surface area contributed by atoms with Gasteiger partial charge in [0, 0.05) is 37.0 Å². The first-order valence-corrected chi connectivity index (χ1v) is 13.9. The molecule has 41 heavy (non-hydrogen) atoms. The highest BCUT2D eigenvalue weighted by molar-refractivity contribution is 5.90. The second kappa shape index (κ2) is 12.0. The van der Waals surface area contributed by atoms with Crippen LogP contribution in [0.3, 0.4) is 0 Å². The summed E-state index contributed by atoms with van der Waals surface area (Å²) in [6.07, 6.45) is 3.84. The standard InChI is InChI=1S/C32H34N6O3/c1-40-28-13-12-25(18-29(28)41-2)34-31-27-19-33-38(26-14-16-37(17-15-26)20-22-6-4-3-5-7-22)32(27)36-30(35-31)24-10-8-23(21-39)9-11-24/h3-13,18-19,26,39H,14-17,20-21H2,1-2H3,(H,34,35,36). The number of anilines is 2. The molecule has 0 radical (unpaired) electrons. The fourth-order valence-electron chi connectivity index (χ4n) is 5.39. The molecule has 1 aliphatic heterocycles. The first-order valence-electron chi connectivity index (χ1n) is 13.9. The van der Waals surface area contributed by atoms with Gasteiger partial charge in [-0.05, 0) is 36.1 Å². The van der Waals surface area contributed by atoms with E-state index in [1.54, 1.807) is 14.2 Å². The summed E-state index contributed by atoms with van der Waals surface area (Å²) in [5, 5.41) is 18.7. The Labute approximate surface area is 239 Å². The van der Waals surface area contributed by atoms with Crippen LogP contribution in [0.25, 0.3) is 22.4 Å². The minimum absolute atomic E-state index is 0.0119. The number of piperidine rings is 1. The van der Waals surface area contributed by atoms with Crippen LogP contribution in [-0.4, -0.2) is 57.1 Å². The Morgan fingerprint density at radius 1 is 0.878 bits per heavy atom. The predicted molar refractivity (Wildman–Crippen MR) is 160 cm³/mol. The largest absolute Gasteiger partial charge is 0.493 e. The second-order valence-corrected chi connectivity index (χ2v) is 10.3. The summed E-state index contributed by atoms with van der Waals surface area (Å²) in [7, 11) is 3.24. The van der Waals surface area contributed by atoms with E-state index in [2.05, 4.69) is 45.2 Å². The number of aliphatic hydroxyl groups is 1.